The van der Waals surface area contributed by atoms with Crippen molar-refractivity contribution in [1.29, 1.82) is 0 Å². The molecule has 0 aliphatic heterocycles. The molecule has 0 heterocycles. The maximum Gasteiger partial charge on any atom is 0.275 e. The van der Waals surface area contributed by atoms with E-state index in [9.17, 15) is 0 Å². The van der Waals surface area contributed by atoms with Crippen LogP contribution in [0.2, 0.25) is 0 Å². The smallest absolute Gasteiger partial charge is 0.275 e. The molecule has 4 aromatic carbocycles. The second-order valence-corrected chi connectivity index (χ2v) is 20.7. The Hall–Kier alpha value is -3.26. The van der Waals surface area contributed by atoms with Gasteiger partial charge in [0.25, 0.3) is 18.1 Å². The third-order valence-corrected chi connectivity index (χ3v) is 11.8. The number of benzene rings is 4. The van der Waals surface area contributed by atoms with Crippen LogP contribution in [-0.4, -0.2) is 5.60 Å². The quantitative estimate of drug-likeness (QED) is 0.150. The zero-order valence-electron chi connectivity index (χ0n) is 35.5. The van der Waals surface area contributed by atoms with Crippen LogP contribution in [0.1, 0.15) is 148 Å². The van der Waals surface area contributed by atoms with E-state index in [4.69, 9.17) is 22.8 Å². The van der Waals surface area contributed by atoms with Crippen LogP contribution in [0.3, 0.4) is 0 Å². The van der Waals surface area contributed by atoms with Crippen molar-refractivity contribution in [3.05, 3.63) is 99.6 Å². The second kappa shape index (κ2) is 16.3. The zero-order valence-corrected chi connectivity index (χ0v) is 37.5. The predicted molar refractivity (Wildman–Crippen MR) is 234 cm³/mol. The Morgan fingerprint density at radius 2 is 0.855 bits per heavy atom. The lowest BCUT2D eigenvalue weighted by atomic mass is 9.77. The van der Waals surface area contributed by atoms with Crippen LogP contribution < -0.4 is 22.8 Å². The Balaban J connectivity index is 1.47. The molecule has 0 saturated heterocycles. The molecule has 7 heteroatoms. The summed E-state index contributed by atoms with van der Waals surface area (Å²) in [4.78, 5) is 0. The Bertz CT molecular complexity index is 1990. The molecule has 0 N–H and O–H groups in total. The first-order chi connectivity index (χ1) is 25.8. The van der Waals surface area contributed by atoms with Gasteiger partial charge in [0.1, 0.15) is 34.3 Å². The summed E-state index contributed by atoms with van der Waals surface area (Å²) >= 11 is 0. The number of fused-ring (bicyclic) bond motifs is 2. The summed E-state index contributed by atoms with van der Waals surface area (Å²) in [5.74, 6) is 4.06. The van der Waals surface area contributed by atoms with Crippen molar-refractivity contribution in [3.63, 3.8) is 0 Å². The minimum Gasteiger partial charge on any atom is -0.488 e. The van der Waals surface area contributed by atoms with Gasteiger partial charge in [-0.1, -0.05) is 80.5 Å². The van der Waals surface area contributed by atoms with E-state index in [0.717, 1.165) is 76.7 Å². The normalized spacial score (nSPS) is 15.3. The first-order valence-corrected chi connectivity index (χ1v) is 21.9. The van der Waals surface area contributed by atoms with E-state index in [-0.39, 0.29) is 34.3 Å². The predicted octanol–water partition coefficient (Wildman–Crippen LogP) is 14.1. The van der Waals surface area contributed by atoms with E-state index in [1.165, 1.54) is 53.5 Å². The van der Waals surface area contributed by atoms with E-state index in [0.29, 0.717) is 0 Å². The summed E-state index contributed by atoms with van der Waals surface area (Å²) < 4.78 is 33.2. The fourth-order valence-corrected chi connectivity index (χ4v) is 8.71. The Morgan fingerprint density at radius 1 is 0.418 bits per heavy atom. The van der Waals surface area contributed by atoms with Gasteiger partial charge in [-0.15, -0.1) is 0 Å². The highest BCUT2D eigenvalue weighted by Crippen LogP contribution is 2.52. The third-order valence-electron chi connectivity index (χ3n) is 10.6. The Kier molecular flexibility index (Phi) is 12.3. The van der Waals surface area contributed by atoms with Crippen LogP contribution >= 0.6 is 18.1 Å². The molecular weight excluding hydrogens is 718 g/mol. The van der Waals surface area contributed by atoms with Crippen LogP contribution in [0.4, 0.5) is 0 Å². The topological polar surface area (TPSA) is 46.2 Å². The average molecular weight is 783 g/mol. The molecular formula is C48H64O5P2. The molecule has 55 heavy (non-hydrogen) atoms. The van der Waals surface area contributed by atoms with Gasteiger partial charge in [0.05, 0.1) is 0 Å². The lowest BCUT2D eigenvalue weighted by Gasteiger charge is -2.31. The number of ether oxygens (including phenoxy) is 1. The largest absolute Gasteiger partial charge is 0.488 e. The summed E-state index contributed by atoms with van der Waals surface area (Å²) in [6.07, 6.45) is 9.45. The minimum atomic E-state index is -0.403. The second-order valence-electron chi connectivity index (χ2n) is 19.6. The van der Waals surface area contributed by atoms with E-state index < -0.39 is 5.60 Å². The molecule has 2 aliphatic rings. The number of rotatable bonds is 10. The highest BCUT2D eigenvalue weighted by molar-refractivity contribution is 7.27. The molecule has 2 unspecified atom stereocenters. The van der Waals surface area contributed by atoms with E-state index >= 15 is 0 Å². The molecule has 6 rings (SSSR count). The summed E-state index contributed by atoms with van der Waals surface area (Å²) in [5, 5.41) is 0. The molecule has 5 nitrogen and oxygen atoms in total. The van der Waals surface area contributed by atoms with Crippen molar-refractivity contribution in [2.45, 2.75) is 156 Å². The summed E-state index contributed by atoms with van der Waals surface area (Å²) in [6.45, 7) is 26.5. The standard InChI is InChI=1S/C48H64O5P2/c1-45(2,3)35-27-39(43(41(28-35)46(4,5)6)52-54-50-36-23-21-31-17-13-15-19-33(31)25-36)40-29-38(49-48(10,11)12)30-42(47(7,8)9)44(40)53-55-51-37-24-22-32-18-14-16-20-34(32)26-37/h21-30,54-55H,13-20H2,1-12H3. The van der Waals surface area contributed by atoms with Gasteiger partial charge in [0, 0.05) is 22.3 Å². The van der Waals surface area contributed by atoms with Crippen molar-refractivity contribution in [2.24, 2.45) is 0 Å². The molecule has 2 atom stereocenters. The fourth-order valence-electron chi connectivity index (χ4n) is 7.58. The van der Waals surface area contributed by atoms with Crippen LogP contribution in [0, 0.1) is 0 Å². The van der Waals surface area contributed by atoms with E-state index in [1.54, 1.807) is 0 Å². The van der Waals surface area contributed by atoms with Gasteiger partial charge in [0.2, 0.25) is 0 Å². The SMILES string of the molecule is CC(C)(C)Oc1cc(-c2cc(C(C)(C)C)cc(C(C)(C)C)c2OPOc2ccc3c(c2)CCCC3)c(OPOc2ccc3c(c2)CCCC3)c(C(C)(C)C)c1. The van der Waals surface area contributed by atoms with Crippen molar-refractivity contribution in [2.75, 3.05) is 0 Å². The van der Waals surface area contributed by atoms with E-state index in [2.05, 4.69) is 144 Å². The van der Waals surface area contributed by atoms with Crippen LogP contribution in [0.25, 0.3) is 11.1 Å². The first-order valence-electron chi connectivity index (χ1n) is 20.2. The van der Waals surface area contributed by atoms with Crippen molar-refractivity contribution in [1.82, 2.24) is 0 Å². The van der Waals surface area contributed by atoms with Crippen molar-refractivity contribution < 1.29 is 22.8 Å². The van der Waals surface area contributed by atoms with Gasteiger partial charge in [-0.25, -0.2) is 0 Å². The monoisotopic (exact) mass is 782 g/mol. The molecule has 4 aromatic rings. The molecule has 0 fully saturated rings. The molecule has 0 bridgehead atoms. The van der Waals surface area contributed by atoms with Gasteiger partial charge in [-0.3, -0.25) is 0 Å². The van der Waals surface area contributed by atoms with Gasteiger partial charge >= 0.3 is 0 Å². The molecule has 0 aromatic heterocycles. The Morgan fingerprint density at radius 3 is 1.29 bits per heavy atom. The highest BCUT2D eigenvalue weighted by atomic mass is 31.1. The van der Waals surface area contributed by atoms with Gasteiger partial charge in [0.15, 0.2) is 0 Å². The molecule has 0 amide bonds. The van der Waals surface area contributed by atoms with Gasteiger partial charge < -0.3 is 22.8 Å². The highest BCUT2D eigenvalue weighted by Gasteiger charge is 2.32. The maximum atomic E-state index is 6.89. The summed E-state index contributed by atoms with van der Waals surface area (Å²) in [6, 6.07) is 21.9. The summed E-state index contributed by atoms with van der Waals surface area (Å²) in [5.41, 5.74) is 9.88. The zero-order chi connectivity index (χ0) is 39.8. The van der Waals surface area contributed by atoms with Crippen molar-refractivity contribution >= 4 is 18.1 Å². The number of aryl methyl sites for hydroxylation is 4. The van der Waals surface area contributed by atoms with Crippen molar-refractivity contribution in [3.8, 4) is 39.9 Å². The Labute approximate surface area is 335 Å². The average Bonchev–Trinajstić information content (AvgIpc) is 3.09. The number of hydrogen-bond acceptors (Lipinski definition) is 5. The fraction of sp³-hybridized carbons (Fsp3) is 0.500. The van der Waals surface area contributed by atoms with Crippen LogP contribution in [0.5, 0.6) is 28.7 Å². The van der Waals surface area contributed by atoms with Gasteiger partial charge in [-0.2, -0.15) is 0 Å². The molecule has 0 spiro atoms. The third kappa shape index (κ3) is 10.4. The summed E-state index contributed by atoms with van der Waals surface area (Å²) in [7, 11) is -0.486. The van der Waals surface area contributed by atoms with E-state index in [1.807, 2.05) is 0 Å². The lowest BCUT2D eigenvalue weighted by molar-refractivity contribution is 0.130. The molecule has 0 radical (unpaired) electrons. The first kappa shape index (κ1) is 41.4. The molecule has 296 valence electrons. The minimum absolute atomic E-state index is 0.125. The molecule has 2 aliphatic carbocycles. The maximum absolute atomic E-state index is 6.89. The molecule has 0 saturated carbocycles. The van der Waals surface area contributed by atoms with Crippen LogP contribution in [-0.2, 0) is 41.9 Å². The number of hydrogen-bond donors (Lipinski definition) is 0. The lowest BCUT2D eigenvalue weighted by Crippen LogP contribution is -2.23. The van der Waals surface area contributed by atoms with Gasteiger partial charge in [-0.05, 0) is 159 Å². The van der Waals surface area contributed by atoms with Crippen LogP contribution in [0.15, 0.2) is 60.7 Å².